The van der Waals surface area contributed by atoms with Crippen molar-refractivity contribution in [3.05, 3.63) is 100.0 Å². The molecule has 1 saturated heterocycles. The third-order valence-electron chi connectivity index (χ3n) is 7.16. The van der Waals surface area contributed by atoms with Gasteiger partial charge in [0.1, 0.15) is 11.6 Å². The smallest absolute Gasteiger partial charge is 0.248 e. The maximum absolute atomic E-state index is 14.6. The molecule has 0 radical (unpaired) electrons. The average molecular weight is 595 g/mol. The SMILES string of the molecule is Cc1[nH]c(=O)cc(-c2ccc(CN3CCN(C)CC3)cc2)c1-c1cc(NS(C)(=O)=O)ccc1Oc1ccc(F)cc1F. The van der Waals surface area contributed by atoms with Crippen LogP contribution in [-0.2, 0) is 16.6 Å². The summed E-state index contributed by atoms with van der Waals surface area (Å²) in [5, 5.41) is 0. The van der Waals surface area contributed by atoms with E-state index in [0.717, 1.165) is 62.2 Å². The molecule has 4 aromatic rings. The van der Waals surface area contributed by atoms with Gasteiger partial charge in [0, 0.05) is 67.4 Å². The Kier molecular flexibility index (Phi) is 8.44. The number of halogens is 2. The molecule has 3 aromatic carbocycles. The van der Waals surface area contributed by atoms with Gasteiger partial charge in [-0.2, -0.15) is 0 Å². The maximum atomic E-state index is 14.6. The van der Waals surface area contributed by atoms with Crippen molar-refractivity contribution in [2.24, 2.45) is 0 Å². The quantitative estimate of drug-likeness (QED) is 0.291. The summed E-state index contributed by atoms with van der Waals surface area (Å²) in [6.45, 7) is 6.56. The molecule has 0 atom stereocenters. The molecule has 2 N–H and O–H groups in total. The molecule has 1 fully saturated rings. The van der Waals surface area contributed by atoms with Gasteiger partial charge < -0.3 is 14.6 Å². The van der Waals surface area contributed by atoms with E-state index in [1.165, 1.54) is 24.3 Å². The van der Waals surface area contributed by atoms with E-state index in [-0.39, 0.29) is 22.7 Å². The van der Waals surface area contributed by atoms with E-state index in [1.54, 1.807) is 13.0 Å². The van der Waals surface area contributed by atoms with Gasteiger partial charge in [-0.15, -0.1) is 0 Å². The number of anilines is 1. The van der Waals surface area contributed by atoms with Crippen molar-refractivity contribution in [1.82, 2.24) is 14.8 Å². The highest BCUT2D eigenvalue weighted by Gasteiger charge is 2.20. The second-order valence-corrected chi connectivity index (χ2v) is 12.3. The van der Waals surface area contributed by atoms with Crippen molar-refractivity contribution >= 4 is 15.7 Å². The van der Waals surface area contributed by atoms with E-state index >= 15 is 0 Å². The van der Waals surface area contributed by atoms with Crippen LogP contribution in [0.5, 0.6) is 11.5 Å². The first kappa shape index (κ1) is 29.4. The van der Waals surface area contributed by atoms with Gasteiger partial charge in [0.2, 0.25) is 15.6 Å². The number of pyridine rings is 1. The van der Waals surface area contributed by atoms with Gasteiger partial charge in [-0.25, -0.2) is 17.2 Å². The first-order valence-corrected chi connectivity index (χ1v) is 15.3. The second kappa shape index (κ2) is 12.0. The van der Waals surface area contributed by atoms with Gasteiger partial charge >= 0.3 is 0 Å². The second-order valence-electron chi connectivity index (χ2n) is 10.6. The Morgan fingerprint density at radius 1 is 0.905 bits per heavy atom. The van der Waals surface area contributed by atoms with E-state index < -0.39 is 21.7 Å². The molecule has 2 heterocycles. The van der Waals surface area contributed by atoms with Crippen molar-refractivity contribution in [3.8, 4) is 33.8 Å². The van der Waals surface area contributed by atoms with Crippen LogP contribution in [0, 0.1) is 18.6 Å². The molecule has 1 aromatic heterocycles. The van der Waals surface area contributed by atoms with Crippen LogP contribution < -0.4 is 15.0 Å². The van der Waals surface area contributed by atoms with Gasteiger partial charge in [-0.3, -0.25) is 14.4 Å². The maximum Gasteiger partial charge on any atom is 0.248 e. The lowest BCUT2D eigenvalue weighted by molar-refractivity contribution is 0.148. The summed E-state index contributed by atoms with van der Waals surface area (Å²) in [4.78, 5) is 20.2. The standard InChI is InChI=1S/C31H32F2N4O4S/c1-20-31(25(18-30(38)34-20)22-6-4-21(5-7-22)19-37-14-12-36(2)13-15-37)26-17-24(35-42(3,39)40)9-11-28(26)41-29-10-8-23(32)16-27(29)33/h4-11,16-18,35H,12-15,19H2,1-3H3,(H,34,38). The molecular weight excluding hydrogens is 562 g/mol. The third kappa shape index (κ3) is 7.04. The minimum absolute atomic E-state index is 0.183. The highest BCUT2D eigenvalue weighted by molar-refractivity contribution is 7.92. The van der Waals surface area contributed by atoms with Crippen molar-refractivity contribution in [1.29, 1.82) is 0 Å². The molecule has 1 aliphatic heterocycles. The first-order chi connectivity index (χ1) is 19.9. The van der Waals surface area contributed by atoms with Crippen LogP contribution >= 0.6 is 0 Å². The van der Waals surface area contributed by atoms with Gasteiger partial charge in [0.15, 0.2) is 11.6 Å². The molecule has 0 amide bonds. The zero-order valence-corrected chi connectivity index (χ0v) is 24.4. The number of nitrogens with zero attached hydrogens (tertiary/aromatic N) is 2. The minimum Gasteiger partial charge on any atom is -0.454 e. The van der Waals surface area contributed by atoms with E-state index in [0.29, 0.717) is 22.4 Å². The fraction of sp³-hybridized carbons (Fsp3) is 0.258. The van der Waals surface area contributed by atoms with Crippen molar-refractivity contribution in [2.75, 3.05) is 44.2 Å². The number of nitrogens with one attached hydrogen (secondary N) is 2. The molecule has 220 valence electrons. The highest BCUT2D eigenvalue weighted by atomic mass is 32.2. The molecule has 0 aliphatic carbocycles. The topological polar surface area (TPSA) is 94.7 Å². The van der Waals surface area contributed by atoms with E-state index in [1.807, 2.05) is 24.3 Å². The lowest BCUT2D eigenvalue weighted by Gasteiger charge is -2.32. The van der Waals surface area contributed by atoms with Crippen LogP contribution in [0.15, 0.2) is 71.5 Å². The molecule has 5 rings (SSSR count). The summed E-state index contributed by atoms with van der Waals surface area (Å²) in [6, 6.07) is 16.9. The molecular formula is C31H32F2N4O4S. The summed E-state index contributed by atoms with van der Waals surface area (Å²) in [7, 11) is -1.50. The zero-order valence-electron chi connectivity index (χ0n) is 23.6. The van der Waals surface area contributed by atoms with Gasteiger partial charge in [-0.05, 0) is 61.0 Å². The number of rotatable bonds is 8. The fourth-order valence-corrected chi connectivity index (χ4v) is 5.64. The fourth-order valence-electron chi connectivity index (χ4n) is 5.09. The van der Waals surface area contributed by atoms with Gasteiger partial charge in [-0.1, -0.05) is 24.3 Å². The number of aromatic nitrogens is 1. The Labute approximate surface area is 243 Å². The molecule has 0 spiro atoms. The zero-order chi connectivity index (χ0) is 30.0. The number of ether oxygens (including phenoxy) is 1. The summed E-state index contributed by atoms with van der Waals surface area (Å²) in [5.41, 5.74) is 3.89. The Balaban J connectivity index is 1.58. The number of likely N-dealkylation sites (N-methyl/N-ethyl adjacent to an activating group) is 1. The van der Waals surface area contributed by atoms with Crippen LogP contribution in [0.4, 0.5) is 14.5 Å². The summed E-state index contributed by atoms with van der Waals surface area (Å²) < 4.78 is 60.5. The molecule has 0 unspecified atom stereocenters. The van der Waals surface area contributed by atoms with Crippen LogP contribution in [0.1, 0.15) is 11.3 Å². The Morgan fingerprint density at radius 2 is 1.60 bits per heavy atom. The van der Waals surface area contributed by atoms with E-state index in [2.05, 4.69) is 26.6 Å². The van der Waals surface area contributed by atoms with Crippen LogP contribution in [0.2, 0.25) is 0 Å². The summed E-state index contributed by atoms with van der Waals surface area (Å²) in [6.07, 6.45) is 1.03. The van der Waals surface area contributed by atoms with Crippen molar-refractivity contribution in [2.45, 2.75) is 13.5 Å². The van der Waals surface area contributed by atoms with Crippen molar-refractivity contribution in [3.63, 3.8) is 0 Å². The number of aryl methyl sites for hydroxylation is 1. The number of sulfonamides is 1. The minimum atomic E-state index is -3.62. The lowest BCUT2D eigenvalue weighted by atomic mass is 9.92. The molecule has 1 aliphatic rings. The summed E-state index contributed by atoms with van der Waals surface area (Å²) >= 11 is 0. The normalized spacial score (nSPS) is 14.6. The average Bonchev–Trinajstić information content (AvgIpc) is 2.91. The summed E-state index contributed by atoms with van der Waals surface area (Å²) in [5.74, 6) is -1.67. The van der Waals surface area contributed by atoms with Crippen molar-refractivity contribution < 1.29 is 21.9 Å². The predicted octanol–water partition coefficient (Wildman–Crippen LogP) is 5.21. The molecule has 8 nitrogen and oxygen atoms in total. The molecule has 42 heavy (non-hydrogen) atoms. The Morgan fingerprint density at radius 3 is 2.26 bits per heavy atom. The number of hydrogen-bond donors (Lipinski definition) is 2. The molecule has 0 saturated carbocycles. The molecule has 0 bridgehead atoms. The van der Waals surface area contributed by atoms with Gasteiger partial charge in [0.05, 0.1) is 6.26 Å². The van der Waals surface area contributed by atoms with Gasteiger partial charge in [0.25, 0.3) is 0 Å². The third-order valence-corrected chi connectivity index (χ3v) is 7.77. The lowest BCUT2D eigenvalue weighted by Crippen LogP contribution is -2.43. The number of hydrogen-bond acceptors (Lipinski definition) is 6. The van der Waals surface area contributed by atoms with E-state index in [4.69, 9.17) is 4.74 Å². The monoisotopic (exact) mass is 594 g/mol. The Bertz CT molecular complexity index is 1770. The highest BCUT2D eigenvalue weighted by Crippen LogP contribution is 2.42. The predicted molar refractivity (Wildman–Crippen MR) is 160 cm³/mol. The number of aromatic amines is 1. The number of benzene rings is 3. The first-order valence-electron chi connectivity index (χ1n) is 13.4. The van der Waals surface area contributed by atoms with Crippen LogP contribution in [-0.4, -0.2) is 62.7 Å². The van der Waals surface area contributed by atoms with Crippen LogP contribution in [0.25, 0.3) is 22.3 Å². The van der Waals surface area contributed by atoms with E-state index in [9.17, 15) is 22.0 Å². The largest absolute Gasteiger partial charge is 0.454 e. The number of H-pyrrole nitrogens is 1. The molecule has 11 heteroatoms. The number of piperazine rings is 1. The Hall–Kier alpha value is -4.06. The van der Waals surface area contributed by atoms with Crippen LogP contribution in [0.3, 0.4) is 0 Å².